The summed E-state index contributed by atoms with van der Waals surface area (Å²) in [7, 11) is 0. The van der Waals surface area contributed by atoms with Crippen LogP contribution in [0.1, 0.15) is 24.8 Å². The topological polar surface area (TPSA) is 83.5 Å². The lowest BCUT2D eigenvalue weighted by Gasteiger charge is -2.13. The number of benzene rings is 1. The number of rotatable bonds is 8. The number of hydrogen-bond donors (Lipinski definition) is 2. The molecule has 0 saturated heterocycles. The van der Waals surface area contributed by atoms with Crippen molar-refractivity contribution in [3.05, 3.63) is 35.9 Å². The van der Waals surface area contributed by atoms with Gasteiger partial charge in [-0.1, -0.05) is 30.3 Å². The zero-order valence-electron chi connectivity index (χ0n) is 10.5. The van der Waals surface area contributed by atoms with E-state index in [1.807, 2.05) is 18.2 Å². The Labute approximate surface area is 111 Å². The molecule has 1 radical (unpaired) electrons. The predicted octanol–water partition coefficient (Wildman–Crippen LogP) is 1.08. The third-order valence-electron chi connectivity index (χ3n) is 2.61. The number of nitrogens with one attached hydrogen (secondary N) is 1. The van der Waals surface area contributed by atoms with E-state index in [0.717, 1.165) is 5.56 Å². The molecule has 0 bridgehead atoms. The average molecular weight is 262 g/mol. The van der Waals surface area contributed by atoms with Crippen molar-refractivity contribution in [1.82, 2.24) is 5.32 Å². The van der Waals surface area contributed by atoms with Gasteiger partial charge >= 0.3 is 5.97 Å². The molecule has 0 heterocycles. The fourth-order valence-corrected chi connectivity index (χ4v) is 1.66. The van der Waals surface area contributed by atoms with Gasteiger partial charge in [0.15, 0.2) is 6.29 Å². The number of carbonyl (C=O) groups is 2. The van der Waals surface area contributed by atoms with Crippen LogP contribution in [0.4, 0.5) is 0 Å². The molecule has 5 heteroatoms. The minimum Gasteiger partial charge on any atom is -0.480 e. The van der Waals surface area contributed by atoms with Crippen LogP contribution in [-0.2, 0) is 20.8 Å². The first-order valence-corrected chi connectivity index (χ1v) is 6.04. The summed E-state index contributed by atoms with van der Waals surface area (Å²) in [6.45, 7) is 0. The number of carbonyl (C=O) groups excluding carboxylic acids is 2. The second-order valence-corrected chi connectivity index (χ2v) is 4.16. The summed E-state index contributed by atoms with van der Waals surface area (Å²) in [5.74, 6) is -1.43. The number of carboxylic acids is 1. The van der Waals surface area contributed by atoms with Gasteiger partial charge in [0, 0.05) is 6.42 Å². The molecule has 101 valence electrons. The summed E-state index contributed by atoms with van der Waals surface area (Å²) in [6, 6.07) is 8.13. The molecule has 0 saturated carbocycles. The Morgan fingerprint density at radius 2 is 1.95 bits per heavy atom. The molecule has 0 fully saturated rings. The summed E-state index contributed by atoms with van der Waals surface area (Å²) in [6.07, 6.45) is 2.64. The number of unbranched alkanes of at least 4 members (excludes halogenated alkanes) is 1. The molecule has 0 aliphatic heterocycles. The van der Waals surface area contributed by atoms with E-state index in [1.165, 1.54) is 0 Å². The molecule has 19 heavy (non-hydrogen) atoms. The monoisotopic (exact) mass is 262 g/mol. The molecular weight excluding hydrogens is 246 g/mol. The molecule has 1 unspecified atom stereocenters. The van der Waals surface area contributed by atoms with Crippen molar-refractivity contribution in [3.8, 4) is 0 Å². The van der Waals surface area contributed by atoms with Gasteiger partial charge in [-0.25, -0.2) is 4.79 Å². The number of hydrogen-bond acceptors (Lipinski definition) is 3. The largest absolute Gasteiger partial charge is 0.480 e. The van der Waals surface area contributed by atoms with Gasteiger partial charge in [0.2, 0.25) is 5.91 Å². The van der Waals surface area contributed by atoms with E-state index in [4.69, 9.17) is 5.11 Å². The quantitative estimate of drug-likeness (QED) is 0.687. The van der Waals surface area contributed by atoms with Crippen molar-refractivity contribution in [2.75, 3.05) is 0 Å². The van der Waals surface area contributed by atoms with Crippen LogP contribution in [0.25, 0.3) is 0 Å². The van der Waals surface area contributed by atoms with Crippen LogP contribution in [0.15, 0.2) is 30.3 Å². The summed E-state index contributed by atoms with van der Waals surface area (Å²) in [5, 5.41) is 11.4. The van der Waals surface area contributed by atoms with Gasteiger partial charge in [0.1, 0.15) is 6.04 Å². The third-order valence-corrected chi connectivity index (χ3v) is 2.61. The Morgan fingerprint density at radius 3 is 2.53 bits per heavy atom. The smallest absolute Gasteiger partial charge is 0.326 e. The molecule has 2 N–H and O–H groups in total. The van der Waals surface area contributed by atoms with Crippen molar-refractivity contribution in [3.63, 3.8) is 0 Å². The average Bonchev–Trinajstić information content (AvgIpc) is 2.38. The van der Waals surface area contributed by atoms with Gasteiger partial charge in [0.05, 0.1) is 6.42 Å². The van der Waals surface area contributed by atoms with Crippen molar-refractivity contribution < 1.29 is 19.5 Å². The highest BCUT2D eigenvalue weighted by Gasteiger charge is 2.19. The summed E-state index contributed by atoms with van der Waals surface area (Å²) in [5.41, 5.74) is 0.824. The molecule has 0 aromatic heterocycles. The molecular formula is C14H16NO4. The molecule has 1 amide bonds. The highest BCUT2D eigenvalue weighted by Crippen LogP contribution is 2.03. The van der Waals surface area contributed by atoms with Crippen molar-refractivity contribution >= 4 is 18.2 Å². The first-order chi connectivity index (χ1) is 9.13. The summed E-state index contributed by atoms with van der Waals surface area (Å²) in [4.78, 5) is 32.7. The maximum absolute atomic E-state index is 11.7. The first-order valence-electron chi connectivity index (χ1n) is 6.04. The van der Waals surface area contributed by atoms with Gasteiger partial charge < -0.3 is 10.4 Å². The minimum atomic E-state index is -1.09. The second-order valence-electron chi connectivity index (χ2n) is 4.16. The fraction of sp³-hybridized carbons (Fsp3) is 0.357. The lowest BCUT2D eigenvalue weighted by molar-refractivity contribution is -0.141. The summed E-state index contributed by atoms with van der Waals surface area (Å²) < 4.78 is 0. The SMILES string of the molecule is O=[C]CCCC(NC(=O)Cc1ccccc1)C(=O)O. The highest BCUT2D eigenvalue weighted by molar-refractivity contribution is 5.84. The van der Waals surface area contributed by atoms with E-state index in [9.17, 15) is 14.4 Å². The molecule has 0 aliphatic carbocycles. The summed E-state index contributed by atoms with van der Waals surface area (Å²) >= 11 is 0. The second kappa shape index (κ2) is 8.02. The van der Waals surface area contributed by atoms with Gasteiger partial charge in [0.25, 0.3) is 0 Å². The van der Waals surface area contributed by atoms with Crippen LogP contribution < -0.4 is 5.32 Å². The molecule has 0 aliphatic rings. The van der Waals surface area contributed by atoms with Crippen molar-refractivity contribution in [2.24, 2.45) is 0 Å². The van der Waals surface area contributed by atoms with Gasteiger partial charge in [-0.05, 0) is 18.4 Å². The molecule has 1 rings (SSSR count). The van der Waals surface area contributed by atoms with Crippen molar-refractivity contribution in [1.29, 1.82) is 0 Å². The zero-order valence-corrected chi connectivity index (χ0v) is 10.5. The van der Waals surface area contributed by atoms with E-state index >= 15 is 0 Å². The highest BCUT2D eigenvalue weighted by atomic mass is 16.4. The molecule has 1 atom stereocenters. The maximum Gasteiger partial charge on any atom is 0.326 e. The van der Waals surface area contributed by atoms with E-state index in [0.29, 0.717) is 6.42 Å². The van der Waals surface area contributed by atoms with Gasteiger partial charge in [-0.2, -0.15) is 0 Å². The van der Waals surface area contributed by atoms with E-state index in [-0.39, 0.29) is 25.2 Å². The zero-order chi connectivity index (χ0) is 14.1. The Morgan fingerprint density at radius 1 is 1.26 bits per heavy atom. The number of aliphatic carboxylic acids is 1. The third kappa shape index (κ3) is 5.81. The van der Waals surface area contributed by atoms with Crippen LogP contribution in [0, 0.1) is 0 Å². The Bertz CT molecular complexity index is 430. The molecule has 1 aromatic rings. The van der Waals surface area contributed by atoms with Crippen LogP contribution in [0.2, 0.25) is 0 Å². The fourth-order valence-electron chi connectivity index (χ4n) is 1.66. The van der Waals surface area contributed by atoms with E-state index < -0.39 is 12.0 Å². The lowest BCUT2D eigenvalue weighted by atomic mass is 10.1. The van der Waals surface area contributed by atoms with Crippen molar-refractivity contribution in [2.45, 2.75) is 31.7 Å². The standard InChI is InChI=1S/C14H16NO4/c16-9-5-4-8-12(14(18)19)15-13(17)10-11-6-2-1-3-7-11/h1-3,6-7,12H,4-5,8,10H2,(H,15,17)(H,18,19). The Balaban J connectivity index is 2.47. The van der Waals surface area contributed by atoms with Crippen LogP contribution >= 0.6 is 0 Å². The normalized spacial score (nSPS) is 11.6. The molecule has 5 nitrogen and oxygen atoms in total. The van der Waals surface area contributed by atoms with Crippen LogP contribution in [-0.4, -0.2) is 29.3 Å². The van der Waals surface area contributed by atoms with Crippen LogP contribution in [0.3, 0.4) is 0 Å². The molecule has 0 spiro atoms. The predicted molar refractivity (Wildman–Crippen MR) is 69.3 cm³/mol. The first kappa shape index (κ1) is 14.9. The molecule has 1 aromatic carbocycles. The van der Waals surface area contributed by atoms with E-state index in [1.54, 1.807) is 18.4 Å². The Kier molecular flexibility index (Phi) is 6.29. The van der Waals surface area contributed by atoms with Gasteiger partial charge in [-0.3, -0.25) is 9.59 Å². The van der Waals surface area contributed by atoms with Gasteiger partial charge in [-0.15, -0.1) is 0 Å². The maximum atomic E-state index is 11.7. The van der Waals surface area contributed by atoms with E-state index in [2.05, 4.69) is 5.32 Å². The number of carboxylic acid groups (broad SMARTS) is 1. The minimum absolute atomic E-state index is 0.143. The number of amides is 1. The van der Waals surface area contributed by atoms with Crippen LogP contribution in [0.5, 0.6) is 0 Å². The Hall–Kier alpha value is -2.17. The lowest BCUT2D eigenvalue weighted by Crippen LogP contribution is -2.41.